The van der Waals surface area contributed by atoms with Gasteiger partial charge in [-0.3, -0.25) is 4.90 Å². The van der Waals surface area contributed by atoms with Crippen LogP contribution in [0.15, 0.2) is 12.1 Å². The molecule has 1 amide bonds. The zero-order valence-electron chi connectivity index (χ0n) is 27.0. The predicted octanol–water partition coefficient (Wildman–Crippen LogP) is 5.84. The van der Waals surface area contributed by atoms with Crippen molar-refractivity contribution in [3.63, 3.8) is 0 Å². The number of nitrogens with zero attached hydrogens (tertiary/aromatic N) is 5. The van der Waals surface area contributed by atoms with Gasteiger partial charge in [0, 0.05) is 24.2 Å². The van der Waals surface area contributed by atoms with Gasteiger partial charge in [-0.1, -0.05) is 0 Å². The zero-order valence-corrected chi connectivity index (χ0v) is 27.0. The molecule has 2 saturated heterocycles. The van der Waals surface area contributed by atoms with Gasteiger partial charge in [0.2, 0.25) is 5.88 Å². The maximum Gasteiger partial charge on any atom is 0.417 e. The number of alkyl halides is 3. The van der Waals surface area contributed by atoms with Crippen LogP contribution >= 0.6 is 0 Å². The highest BCUT2D eigenvalue weighted by Crippen LogP contribution is 2.48. The quantitative estimate of drug-likeness (QED) is 0.200. The molecule has 2 bridgehead atoms. The minimum absolute atomic E-state index is 0.00227. The average molecular weight is 673 g/mol. The summed E-state index contributed by atoms with van der Waals surface area (Å²) >= 11 is 0. The number of benzene rings is 1. The maximum atomic E-state index is 16.8. The van der Waals surface area contributed by atoms with Gasteiger partial charge in [-0.05, 0) is 71.1 Å². The number of fused-ring (bicyclic) bond motifs is 5. The molecule has 3 fully saturated rings. The molecule has 15 heteroatoms. The number of hydrogen-bond donors (Lipinski definition) is 1. The Labute approximate surface area is 273 Å². The Morgan fingerprint density at radius 2 is 1.88 bits per heavy atom. The van der Waals surface area contributed by atoms with Crippen LogP contribution in [-0.4, -0.2) is 75.7 Å². The van der Waals surface area contributed by atoms with E-state index in [9.17, 15) is 22.8 Å². The maximum absolute atomic E-state index is 16.8. The highest BCUT2D eigenvalue weighted by molar-refractivity contribution is 5.97. The normalized spacial score (nSPS) is 22.8. The van der Waals surface area contributed by atoms with E-state index in [0.29, 0.717) is 38.6 Å². The Kier molecular flexibility index (Phi) is 7.40. The monoisotopic (exact) mass is 672 g/mol. The van der Waals surface area contributed by atoms with Crippen molar-refractivity contribution < 1.29 is 41.4 Å². The van der Waals surface area contributed by atoms with Gasteiger partial charge in [-0.2, -0.15) is 23.1 Å². The second kappa shape index (κ2) is 11.1. The molecule has 0 unspecified atom stereocenters. The Balaban J connectivity index is 1.40. The Morgan fingerprint density at radius 1 is 1.12 bits per heavy atom. The molecule has 3 aromatic rings. The van der Waals surface area contributed by atoms with Gasteiger partial charge in [-0.15, -0.1) is 0 Å². The SMILES string of the molecule is Cc1cc(N)cc(-c2nc3c4c(nc(OCC5(C=O)CC5)nc4c2F)N2C[C@H]4CC[C@@H]([C@H]2CCO3)N4C(=O)OC(C)(C)C)c1C(F)(F)F. The zero-order chi connectivity index (χ0) is 34.3. The van der Waals surface area contributed by atoms with Crippen molar-refractivity contribution in [1.82, 2.24) is 19.9 Å². The highest BCUT2D eigenvalue weighted by Gasteiger charge is 2.51. The Bertz CT molecular complexity index is 1830. The van der Waals surface area contributed by atoms with E-state index in [1.54, 1.807) is 25.7 Å². The minimum Gasteiger partial charge on any atom is -0.477 e. The first-order chi connectivity index (χ1) is 22.6. The van der Waals surface area contributed by atoms with E-state index in [2.05, 4.69) is 9.97 Å². The van der Waals surface area contributed by atoms with Crippen LogP contribution in [0.3, 0.4) is 0 Å². The van der Waals surface area contributed by atoms with Crippen molar-refractivity contribution in [2.24, 2.45) is 5.41 Å². The van der Waals surface area contributed by atoms with Crippen molar-refractivity contribution in [2.45, 2.75) is 89.7 Å². The summed E-state index contributed by atoms with van der Waals surface area (Å²) in [6, 6.07) is 1.12. The van der Waals surface area contributed by atoms with Crippen molar-refractivity contribution in [3.8, 4) is 23.1 Å². The molecule has 2 N–H and O–H groups in total. The summed E-state index contributed by atoms with van der Waals surface area (Å²) in [5.41, 5.74) is 1.76. The van der Waals surface area contributed by atoms with Gasteiger partial charge in [-0.25, -0.2) is 14.2 Å². The molecule has 0 radical (unpaired) electrons. The molecular weight excluding hydrogens is 636 g/mol. The molecule has 1 saturated carbocycles. The van der Waals surface area contributed by atoms with Crippen LogP contribution in [0.5, 0.6) is 11.9 Å². The number of aromatic nitrogens is 3. The van der Waals surface area contributed by atoms with Gasteiger partial charge < -0.3 is 29.6 Å². The molecule has 1 aliphatic carbocycles. The molecule has 256 valence electrons. The lowest BCUT2D eigenvalue weighted by atomic mass is 9.96. The molecule has 11 nitrogen and oxygen atoms in total. The van der Waals surface area contributed by atoms with E-state index in [0.717, 1.165) is 12.4 Å². The Hall–Kier alpha value is -4.43. The number of nitrogens with two attached hydrogens (primary N) is 1. The van der Waals surface area contributed by atoms with Crippen LogP contribution in [0.4, 0.5) is 33.9 Å². The summed E-state index contributed by atoms with van der Waals surface area (Å²) in [7, 11) is 0. The van der Waals surface area contributed by atoms with E-state index in [4.69, 9.17) is 24.9 Å². The number of aldehydes is 1. The summed E-state index contributed by atoms with van der Waals surface area (Å²) in [6.07, 6.45) is -1.44. The van der Waals surface area contributed by atoms with Crippen LogP contribution in [-0.2, 0) is 15.7 Å². The van der Waals surface area contributed by atoms with E-state index in [1.165, 1.54) is 13.0 Å². The molecular formula is C33H36F4N6O5. The van der Waals surface area contributed by atoms with E-state index < -0.39 is 45.9 Å². The number of nitrogen functional groups attached to an aromatic ring is 1. The fraction of sp³-hybridized carbons (Fsp3) is 0.545. The van der Waals surface area contributed by atoms with Crippen LogP contribution in [0.1, 0.15) is 64.0 Å². The molecule has 2 aromatic heterocycles. The van der Waals surface area contributed by atoms with Crippen molar-refractivity contribution in [1.29, 1.82) is 0 Å². The summed E-state index contributed by atoms with van der Waals surface area (Å²) in [5.74, 6) is -1.04. The first kappa shape index (κ1) is 32.1. The third-order valence-corrected chi connectivity index (χ3v) is 9.57. The van der Waals surface area contributed by atoms with E-state index in [-0.39, 0.29) is 71.2 Å². The van der Waals surface area contributed by atoms with Crippen molar-refractivity contribution in [2.75, 3.05) is 30.4 Å². The van der Waals surface area contributed by atoms with Crippen LogP contribution < -0.4 is 20.1 Å². The summed E-state index contributed by atoms with van der Waals surface area (Å²) in [5, 5.41) is 0.0733. The second-order valence-corrected chi connectivity index (χ2v) is 14.2. The van der Waals surface area contributed by atoms with Crippen LogP contribution in [0.2, 0.25) is 0 Å². The number of aryl methyl sites for hydroxylation is 1. The van der Waals surface area contributed by atoms with Gasteiger partial charge in [0.15, 0.2) is 5.82 Å². The van der Waals surface area contributed by atoms with Gasteiger partial charge in [0.1, 0.15) is 40.9 Å². The van der Waals surface area contributed by atoms with E-state index >= 15 is 4.39 Å². The second-order valence-electron chi connectivity index (χ2n) is 14.2. The molecule has 0 spiro atoms. The van der Waals surface area contributed by atoms with Crippen LogP contribution in [0.25, 0.3) is 22.2 Å². The molecule has 5 heterocycles. The fourth-order valence-electron chi connectivity index (χ4n) is 7.21. The smallest absolute Gasteiger partial charge is 0.417 e. The first-order valence-electron chi connectivity index (χ1n) is 16.0. The number of halogens is 4. The lowest BCUT2D eigenvalue weighted by Crippen LogP contribution is -2.62. The molecule has 1 aromatic carbocycles. The molecule has 3 aliphatic heterocycles. The summed E-state index contributed by atoms with van der Waals surface area (Å²) in [4.78, 5) is 42.2. The van der Waals surface area contributed by atoms with Gasteiger partial charge in [0.25, 0.3) is 0 Å². The number of anilines is 2. The topological polar surface area (TPSA) is 133 Å². The van der Waals surface area contributed by atoms with Crippen LogP contribution in [0, 0.1) is 18.2 Å². The summed E-state index contributed by atoms with van der Waals surface area (Å²) in [6.45, 7) is 7.00. The third-order valence-electron chi connectivity index (χ3n) is 9.57. The minimum atomic E-state index is -4.85. The summed E-state index contributed by atoms with van der Waals surface area (Å²) < 4.78 is 77.6. The number of pyridine rings is 1. The van der Waals surface area contributed by atoms with Crippen molar-refractivity contribution >= 4 is 34.8 Å². The number of carbonyl (C=O) groups is 2. The number of hydrogen-bond acceptors (Lipinski definition) is 10. The van der Waals surface area contributed by atoms with Gasteiger partial charge >= 0.3 is 18.3 Å². The lowest BCUT2D eigenvalue weighted by molar-refractivity contribution is -0.137. The van der Waals surface area contributed by atoms with E-state index in [1.807, 2.05) is 4.90 Å². The molecule has 3 atom stereocenters. The first-order valence-corrected chi connectivity index (χ1v) is 16.0. The predicted molar refractivity (Wildman–Crippen MR) is 166 cm³/mol. The molecule has 48 heavy (non-hydrogen) atoms. The van der Waals surface area contributed by atoms with Crippen molar-refractivity contribution in [3.05, 3.63) is 29.1 Å². The number of rotatable bonds is 5. The molecule has 4 aliphatic rings. The Morgan fingerprint density at radius 3 is 2.54 bits per heavy atom. The third kappa shape index (κ3) is 5.50. The molecule has 7 rings (SSSR count). The van der Waals surface area contributed by atoms with Gasteiger partial charge in [0.05, 0.1) is 35.7 Å². The highest BCUT2D eigenvalue weighted by atomic mass is 19.4. The number of carbonyl (C=O) groups excluding carboxylic acids is 2. The standard InChI is InChI=1S/C33H36F4N6O5/c1-16-11-17(38)12-19(23(16)33(35,36)37)25-24(34)26-22-27(41-29(40-26)47-15-32(14-44)8-9-32)42-13-18-5-6-21(20(42)7-10-46-28(22)39-25)43(18)30(45)48-31(2,3)4/h11-12,14,18,20-21H,5-10,13,15,38H2,1-4H3/t18-,20-,21+/m1/s1. The lowest BCUT2D eigenvalue weighted by Gasteiger charge is -2.48. The number of ether oxygens (including phenoxy) is 3. The average Bonchev–Trinajstić information content (AvgIpc) is 3.69. The fourth-order valence-corrected chi connectivity index (χ4v) is 7.21. The number of piperazine rings is 1. The number of amides is 1. The largest absolute Gasteiger partial charge is 0.477 e.